The van der Waals surface area contributed by atoms with Gasteiger partial charge in [-0.1, -0.05) is 80.8 Å². The SMILES string of the molecule is C[C@H]1[C@H](C)CCC[C@@H]1NC(=O)[C@@H]1N([C@H](C)CCc2ccccc2)C(=O)[C@@H]2[C@H](C(=O)Nc3ccc(Cl)cc3)[C@@H]3C=C[C@]21O3. The molecule has 3 amide bonds. The highest BCUT2D eigenvalue weighted by Gasteiger charge is 2.73. The van der Waals surface area contributed by atoms with Gasteiger partial charge in [-0.2, -0.15) is 0 Å². The minimum absolute atomic E-state index is 0.0415. The molecule has 2 saturated heterocycles. The summed E-state index contributed by atoms with van der Waals surface area (Å²) in [6, 6.07) is 16.0. The first-order valence-electron chi connectivity index (χ1n) is 15.3. The number of nitrogens with one attached hydrogen (secondary N) is 2. The maximum absolute atomic E-state index is 14.4. The van der Waals surface area contributed by atoms with Crippen LogP contribution in [0.3, 0.4) is 0 Å². The number of carbonyl (C=O) groups excluding carboxylic acids is 3. The molecule has 222 valence electrons. The second kappa shape index (κ2) is 11.5. The molecule has 3 fully saturated rings. The molecule has 2 N–H and O–H groups in total. The third kappa shape index (κ3) is 5.05. The van der Waals surface area contributed by atoms with E-state index in [1.165, 1.54) is 5.56 Å². The number of carbonyl (C=O) groups is 3. The van der Waals surface area contributed by atoms with E-state index in [1.807, 2.05) is 37.3 Å². The second-order valence-corrected chi connectivity index (χ2v) is 13.1. The average molecular weight is 590 g/mol. The Morgan fingerprint density at radius 3 is 2.55 bits per heavy atom. The van der Waals surface area contributed by atoms with Gasteiger partial charge < -0.3 is 20.3 Å². The minimum atomic E-state index is -1.18. The first-order valence-corrected chi connectivity index (χ1v) is 15.7. The van der Waals surface area contributed by atoms with Crippen molar-refractivity contribution < 1.29 is 19.1 Å². The molecule has 42 heavy (non-hydrogen) atoms. The van der Waals surface area contributed by atoms with Gasteiger partial charge in [0.15, 0.2) is 0 Å². The van der Waals surface area contributed by atoms with E-state index < -0.39 is 29.6 Å². The number of hydrogen-bond donors (Lipinski definition) is 2. The van der Waals surface area contributed by atoms with Gasteiger partial charge in [-0.05, 0) is 67.9 Å². The predicted octanol–water partition coefficient (Wildman–Crippen LogP) is 5.39. The van der Waals surface area contributed by atoms with Crippen LogP contribution in [-0.4, -0.2) is 52.5 Å². The molecule has 2 bridgehead atoms. The van der Waals surface area contributed by atoms with Crippen LogP contribution in [0.2, 0.25) is 5.02 Å². The van der Waals surface area contributed by atoms with Crippen molar-refractivity contribution in [2.45, 2.75) is 82.7 Å². The molecule has 2 aromatic carbocycles. The zero-order chi connectivity index (χ0) is 29.6. The molecule has 0 radical (unpaired) electrons. The lowest BCUT2D eigenvalue weighted by Gasteiger charge is -2.39. The van der Waals surface area contributed by atoms with Crippen molar-refractivity contribution >= 4 is 35.0 Å². The third-order valence-electron chi connectivity index (χ3n) is 10.2. The van der Waals surface area contributed by atoms with E-state index in [1.54, 1.807) is 29.2 Å². The Hall–Kier alpha value is -3.16. The molecular weight excluding hydrogens is 550 g/mol. The van der Waals surface area contributed by atoms with Gasteiger partial charge in [-0.25, -0.2) is 0 Å². The van der Waals surface area contributed by atoms with Crippen LogP contribution >= 0.6 is 11.6 Å². The van der Waals surface area contributed by atoms with Crippen molar-refractivity contribution in [3.05, 3.63) is 77.3 Å². The number of benzene rings is 2. The molecule has 1 saturated carbocycles. The van der Waals surface area contributed by atoms with Crippen LogP contribution < -0.4 is 10.6 Å². The Labute approximate surface area is 253 Å². The number of aryl methyl sites for hydroxylation is 1. The van der Waals surface area contributed by atoms with Crippen LogP contribution in [-0.2, 0) is 25.5 Å². The number of anilines is 1. The first-order chi connectivity index (χ1) is 20.2. The van der Waals surface area contributed by atoms with Crippen molar-refractivity contribution in [2.24, 2.45) is 23.7 Å². The lowest BCUT2D eigenvalue weighted by atomic mass is 9.73. The van der Waals surface area contributed by atoms with E-state index in [0.717, 1.165) is 25.7 Å². The van der Waals surface area contributed by atoms with Gasteiger partial charge in [-0.15, -0.1) is 0 Å². The standard InChI is InChI=1S/C34H40ClN3O4/c1-20-8-7-11-26(22(20)3)37-32(40)30-34-19-18-27(42-34)28(31(39)36-25-16-14-24(35)15-17-25)29(34)33(41)38(30)21(2)12-13-23-9-5-4-6-10-23/h4-6,9-10,14-22,26-30H,7-8,11-13H2,1-3H3,(H,36,39)(H,37,40)/t20-,21-,22+,26+,27+,28-,29+,30+,34+/m1/s1. The van der Waals surface area contributed by atoms with Gasteiger partial charge in [0.05, 0.1) is 17.9 Å². The third-order valence-corrected chi connectivity index (χ3v) is 10.4. The van der Waals surface area contributed by atoms with E-state index in [4.69, 9.17) is 16.3 Å². The minimum Gasteiger partial charge on any atom is -0.359 e. The maximum atomic E-state index is 14.4. The summed E-state index contributed by atoms with van der Waals surface area (Å²) in [4.78, 5) is 44.1. The fourth-order valence-electron chi connectivity index (χ4n) is 7.65. The van der Waals surface area contributed by atoms with Crippen molar-refractivity contribution in [3.8, 4) is 0 Å². The van der Waals surface area contributed by atoms with Gasteiger partial charge in [0.25, 0.3) is 0 Å². The van der Waals surface area contributed by atoms with Gasteiger partial charge in [-0.3, -0.25) is 14.4 Å². The summed E-state index contributed by atoms with van der Waals surface area (Å²) in [7, 11) is 0. The lowest BCUT2D eigenvalue weighted by Crippen LogP contribution is -2.59. The number of hydrogen-bond acceptors (Lipinski definition) is 4. The normalized spacial score (nSPS) is 33.9. The molecule has 4 aliphatic rings. The Balaban J connectivity index is 1.30. The zero-order valence-electron chi connectivity index (χ0n) is 24.5. The summed E-state index contributed by atoms with van der Waals surface area (Å²) >= 11 is 6.03. The van der Waals surface area contributed by atoms with Crippen LogP contribution in [0.25, 0.3) is 0 Å². The average Bonchev–Trinajstić information content (AvgIpc) is 3.63. The number of rotatable bonds is 8. The Kier molecular flexibility index (Phi) is 7.92. The first kappa shape index (κ1) is 28.9. The number of amides is 3. The van der Waals surface area contributed by atoms with E-state index in [2.05, 4.69) is 36.6 Å². The van der Waals surface area contributed by atoms with Crippen molar-refractivity contribution in [2.75, 3.05) is 5.32 Å². The maximum Gasteiger partial charge on any atom is 0.246 e. The van der Waals surface area contributed by atoms with Crippen molar-refractivity contribution in [1.29, 1.82) is 0 Å². The van der Waals surface area contributed by atoms with Gasteiger partial charge in [0.1, 0.15) is 11.6 Å². The predicted molar refractivity (Wildman–Crippen MR) is 163 cm³/mol. The number of nitrogens with zero attached hydrogens (tertiary/aromatic N) is 1. The highest BCUT2D eigenvalue weighted by Crippen LogP contribution is 2.56. The van der Waals surface area contributed by atoms with E-state index in [0.29, 0.717) is 29.0 Å². The van der Waals surface area contributed by atoms with Crippen LogP contribution in [0, 0.1) is 23.7 Å². The molecule has 9 atom stereocenters. The number of likely N-dealkylation sites (tertiary alicyclic amines) is 1. The Morgan fingerprint density at radius 1 is 1.07 bits per heavy atom. The number of halogens is 1. The summed E-state index contributed by atoms with van der Waals surface area (Å²) in [6.45, 7) is 6.44. The van der Waals surface area contributed by atoms with Gasteiger partial charge >= 0.3 is 0 Å². The number of fused-ring (bicyclic) bond motifs is 1. The van der Waals surface area contributed by atoms with E-state index in [-0.39, 0.29) is 29.8 Å². The summed E-state index contributed by atoms with van der Waals surface area (Å²) < 4.78 is 6.54. The molecule has 7 nitrogen and oxygen atoms in total. The lowest BCUT2D eigenvalue weighted by molar-refractivity contribution is -0.144. The molecule has 0 aromatic heterocycles. The van der Waals surface area contributed by atoms with Crippen LogP contribution in [0.4, 0.5) is 5.69 Å². The summed E-state index contributed by atoms with van der Waals surface area (Å²) in [5, 5.41) is 6.86. The monoisotopic (exact) mass is 589 g/mol. The molecule has 1 spiro atoms. The van der Waals surface area contributed by atoms with Crippen molar-refractivity contribution in [1.82, 2.24) is 10.2 Å². The van der Waals surface area contributed by atoms with Gasteiger partial charge in [0, 0.05) is 22.8 Å². The summed E-state index contributed by atoms with van der Waals surface area (Å²) in [5.41, 5.74) is 0.592. The molecule has 2 aromatic rings. The van der Waals surface area contributed by atoms with Crippen LogP contribution in [0.15, 0.2) is 66.7 Å². The van der Waals surface area contributed by atoms with E-state index in [9.17, 15) is 14.4 Å². The highest BCUT2D eigenvalue weighted by atomic mass is 35.5. The van der Waals surface area contributed by atoms with E-state index >= 15 is 0 Å². The zero-order valence-corrected chi connectivity index (χ0v) is 25.2. The van der Waals surface area contributed by atoms with Crippen LogP contribution in [0.5, 0.6) is 0 Å². The molecule has 6 rings (SSSR count). The van der Waals surface area contributed by atoms with Crippen molar-refractivity contribution in [3.63, 3.8) is 0 Å². The molecule has 8 heteroatoms. The smallest absolute Gasteiger partial charge is 0.246 e. The van der Waals surface area contributed by atoms with Gasteiger partial charge in [0.2, 0.25) is 17.7 Å². The number of ether oxygens (including phenoxy) is 1. The second-order valence-electron chi connectivity index (χ2n) is 12.7. The molecule has 0 unspecified atom stereocenters. The molecule has 3 aliphatic heterocycles. The Bertz CT molecular complexity index is 1360. The topological polar surface area (TPSA) is 87.7 Å². The quantitative estimate of drug-likeness (QED) is 0.404. The molecule has 1 aliphatic carbocycles. The van der Waals surface area contributed by atoms with Crippen LogP contribution in [0.1, 0.15) is 52.0 Å². The highest BCUT2D eigenvalue weighted by molar-refractivity contribution is 6.30. The summed E-state index contributed by atoms with van der Waals surface area (Å²) in [6.07, 6.45) is 7.77. The molecule has 3 heterocycles. The summed E-state index contributed by atoms with van der Waals surface area (Å²) in [5.74, 6) is -1.34. The fourth-order valence-corrected chi connectivity index (χ4v) is 7.77. The largest absolute Gasteiger partial charge is 0.359 e. The molecular formula is C34H40ClN3O4. The Morgan fingerprint density at radius 2 is 1.81 bits per heavy atom. The fraction of sp³-hybridized carbons (Fsp3) is 0.500.